The summed E-state index contributed by atoms with van der Waals surface area (Å²) >= 11 is 0. The lowest BCUT2D eigenvalue weighted by Gasteiger charge is -2.28. The molecule has 34 heavy (non-hydrogen) atoms. The first-order valence-corrected chi connectivity index (χ1v) is 12.8. The zero-order valence-electron chi connectivity index (χ0n) is 17.6. The summed E-state index contributed by atoms with van der Waals surface area (Å²) in [7, 11) is -9.76. The molecule has 0 aliphatic carbocycles. The lowest BCUT2D eigenvalue weighted by molar-refractivity contribution is -0.116. The highest BCUT2D eigenvalue weighted by Crippen LogP contribution is 2.39. The van der Waals surface area contributed by atoms with Gasteiger partial charge in [-0.1, -0.05) is 6.58 Å². The Morgan fingerprint density at radius 3 is 2.18 bits per heavy atom. The summed E-state index contributed by atoms with van der Waals surface area (Å²) in [6.45, 7) is 3.59. The fourth-order valence-electron chi connectivity index (χ4n) is 3.67. The molecule has 1 heterocycles. The highest BCUT2D eigenvalue weighted by molar-refractivity contribution is 7.86. The number of amides is 3. The standard InChI is InChI=1S/C20H21N3O9S2/c1-2-16(24)22-6-4-3-5-7-23-19(25)13-9-11(33(27,28)29)8-12-17(13)14(20(23)26)10-15(18(12)21)34(30,31)32/h2,8-10H,1,3-7,21H2,(H,22,24)(H,27,28,29)(H,30,31,32). The highest BCUT2D eigenvalue weighted by atomic mass is 32.2. The fraction of sp³-hybridized carbons (Fsp3) is 0.250. The number of hydrogen-bond acceptors (Lipinski definition) is 8. The monoisotopic (exact) mass is 511 g/mol. The minimum Gasteiger partial charge on any atom is -0.397 e. The van der Waals surface area contributed by atoms with E-state index in [2.05, 4.69) is 11.9 Å². The Morgan fingerprint density at radius 2 is 1.62 bits per heavy atom. The average Bonchev–Trinajstić information content (AvgIpc) is 2.75. The number of anilines is 1. The normalized spacial score (nSPS) is 13.9. The van der Waals surface area contributed by atoms with Crippen molar-refractivity contribution in [2.24, 2.45) is 0 Å². The van der Waals surface area contributed by atoms with E-state index in [1.807, 2.05) is 0 Å². The Balaban J connectivity index is 2.03. The molecule has 0 atom stereocenters. The van der Waals surface area contributed by atoms with E-state index in [0.29, 0.717) is 25.8 Å². The van der Waals surface area contributed by atoms with Crippen LogP contribution in [0.1, 0.15) is 40.0 Å². The summed E-state index contributed by atoms with van der Waals surface area (Å²) in [6.07, 6.45) is 2.51. The first kappa shape index (κ1) is 25.3. The first-order chi connectivity index (χ1) is 15.8. The van der Waals surface area contributed by atoms with Gasteiger partial charge in [-0.2, -0.15) is 16.8 Å². The van der Waals surface area contributed by atoms with Crippen LogP contribution in [0.15, 0.2) is 40.6 Å². The van der Waals surface area contributed by atoms with Crippen LogP contribution in [-0.4, -0.2) is 61.7 Å². The van der Waals surface area contributed by atoms with Crippen LogP contribution < -0.4 is 11.1 Å². The van der Waals surface area contributed by atoms with Gasteiger partial charge in [0.2, 0.25) is 5.91 Å². The van der Waals surface area contributed by atoms with Crippen LogP contribution in [0.25, 0.3) is 10.8 Å². The summed E-state index contributed by atoms with van der Waals surface area (Å²) in [5.41, 5.74) is 4.71. The van der Waals surface area contributed by atoms with Crippen LogP contribution in [-0.2, 0) is 25.0 Å². The number of imide groups is 1. The van der Waals surface area contributed by atoms with E-state index in [1.54, 1.807) is 0 Å². The number of nitrogens with two attached hydrogens (primary N) is 1. The van der Waals surface area contributed by atoms with Gasteiger partial charge in [-0.05, 0) is 43.5 Å². The molecule has 0 saturated carbocycles. The average molecular weight is 512 g/mol. The van der Waals surface area contributed by atoms with Crippen LogP contribution >= 0.6 is 0 Å². The minimum absolute atomic E-state index is 0.0873. The van der Waals surface area contributed by atoms with E-state index in [1.165, 1.54) is 0 Å². The third kappa shape index (κ3) is 4.79. The van der Waals surface area contributed by atoms with E-state index < -0.39 is 47.5 Å². The van der Waals surface area contributed by atoms with Gasteiger partial charge in [0.05, 0.1) is 21.7 Å². The van der Waals surface area contributed by atoms with Gasteiger partial charge < -0.3 is 11.1 Å². The van der Waals surface area contributed by atoms with Crippen molar-refractivity contribution in [1.29, 1.82) is 0 Å². The summed E-state index contributed by atoms with van der Waals surface area (Å²) in [4.78, 5) is 36.6. The molecule has 12 nitrogen and oxygen atoms in total. The van der Waals surface area contributed by atoms with Crippen LogP contribution in [0.4, 0.5) is 5.69 Å². The third-order valence-corrected chi connectivity index (χ3v) is 7.01. The zero-order chi connectivity index (χ0) is 25.4. The van der Waals surface area contributed by atoms with Gasteiger partial charge in [-0.15, -0.1) is 0 Å². The predicted molar refractivity (Wildman–Crippen MR) is 120 cm³/mol. The van der Waals surface area contributed by atoms with E-state index >= 15 is 0 Å². The molecular formula is C20H21N3O9S2. The van der Waals surface area contributed by atoms with Crippen molar-refractivity contribution in [1.82, 2.24) is 10.2 Å². The molecule has 3 amide bonds. The fourth-order valence-corrected chi connectivity index (χ4v) is 4.86. The molecule has 182 valence electrons. The van der Waals surface area contributed by atoms with Crippen LogP contribution in [0.3, 0.4) is 0 Å². The predicted octanol–water partition coefficient (Wildman–Crippen LogP) is 0.984. The number of carbonyl (C=O) groups excluding carboxylic acids is 3. The van der Waals surface area contributed by atoms with Crippen molar-refractivity contribution >= 4 is 54.4 Å². The van der Waals surface area contributed by atoms with Gasteiger partial charge in [0.1, 0.15) is 4.90 Å². The number of nitrogens with one attached hydrogen (secondary N) is 1. The Labute approximate surface area is 194 Å². The molecule has 0 bridgehead atoms. The Bertz CT molecular complexity index is 1430. The molecule has 0 aromatic heterocycles. The summed E-state index contributed by atoms with van der Waals surface area (Å²) in [5.74, 6) is -2.05. The molecule has 5 N–H and O–H groups in total. The van der Waals surface area contributed by atoms with Crippen LogP contribution in [0.5, 0.6) is 0 Å². The van der Waals surface area contributed by atoms with E-state index in [0.717, 1.165) is 29.2 Å². The maximum atomic E-state index is 13.1. The SMILES string of the molecule is C=CC(=O)NCCCCCN1C(=O)c2cc(S(=O)(=O)O)cc3c(N)c(S(=O)(=O)O)cc(c23)C1=O. The smallest absolute Gasteiger partial charge is 0.296 e. The van der Waals surface area contributed by atoms with Crippen molar-refractivity contribution < 1.29 is 40.3 Å². The number of benzene rings is 2. The maximum Gasteiger partial charge on any atom is 0.296 e. The lowest BCUT2D eigenvalue weighted by Crippen LogP contribution is -2.41. The number of carbonyl (C=O) groups is 3. The van der Waals surface area contributed by atoms with Crippen molar-refractivity contribution in [3.63, 3.8) is 0 Å². The number of rotatable bonds is 9. The van der Waals surface area contributed by atoms with E-state index in [-0.39, 0.29) is 34.4 Å². The second-order valence-electron chi connectivity index (χ2n) is 7.50. The van der Waals surface area contributed by atoms with E-state index in [9.17, 15) is 40.3 Å². The molecule has 2 aromatic rings. The Morgan fingerprint density at radius 1 is 1.00 bits per heavy atom. The molecule has 0 fully saturated rings. The zero-order valence-corrected chi connectivity index (χ0v) is 19.3. The molecular weight excluding hydrogens is 490 g/mol. The van der Waals surface area contributed by atoms with Crippen molar-refractivity contribution in [2.45, 2.75) is 29.1 Å². The molecule has 2 aromatic carbocycles. The van der Waals surface area contributed by atoms with Gasteiger partial charge in [0, 0.05) is 23.9 Å². The largest absolute Gasteiger partial charge is 0.397 e. The topological polar surface area (TPSA) is 201 Å². The first-order valence-electron chi connectivity index (χ1n) is 9.89. The van der Waals surface area contributed by atoms with Gasteiger partial charge >= 0.3 is 0 Å². The summed E-state index contributed by atoms with van der Waals surface area (Å²) < 4.78 is 66.2. The third-order valence-electron chi connectivity index (χ3n) is 5.28. The lowest BCUT2D eigenvalue weighted by atomic mass is 9.93. The Hall–Kier alpha value is -3.33. The second kappa shape index (κ2) is 9.13. The molecule has 1 aliphatic rings. The molecule has 0 radical (unpaired) electrons. The van der Waals surface area contributed by atoms with Crippen molar-refractivity contribution in [2.75, 3.05) is 18.8 Å². The molecule has 0 saturated heterocycles. The van der Waals surface area contributed by atoms with Gasteiger partial charge in [-0.25, -0.2) is 0 Å². The van der Waals surface area contributed by atoms with Gasteiger partial charge in [-0.3, -0.25) is 28.4 Å². The molecule has 14 heteroatoms. The molecule has 0 spiro atoms. The number of unbranched alkanes of at least 4 members (excludes halogenated alkanes) is 2. The van der Waals surface area contributed by atoms with E-state index in [4.69, 9.17) is 5.73 Å². The second-order valence-corrected chi connectivity index (χ2v) is 10.3. The summed E-state index contributed by atoms with van der Waals surface area (Å²) in [5, 5.41) is 2.20. The Kier molecular flexibility index (Phi) is 6.80. The van der Waals surface area contributed by atoms with Crippen LogP contribution in [0, 0.1) is 0 Å². The highest BCUT2D eigenvalue weighted by Gasteiger charge is 2.36. The van der Waals surface area contributed by atoms with Gasteiger partial charge in [0.15, 0.2) is 0 Å². The number of hydrogen-bond donors (Lipinski definition) is 4. The molecule has 0 unspecified atom stereocenters. The summed E-state index contributed by atoms with van der Waals surface area (Å²) in [6, 6.07) is 2.53. The minimum atomic E-state index is -4.92. The number of nitrogen functional groups attached to an aromatic ring is 1. The van der Waals surface area contributed by atoms with Crippen LogP contribution in [0.2, 0.25) is 0 Å². The van der Waals surface area contributed by atoms with Crippen molar-refractivity contribution in [3.05, 3.63) is 42.0 Å². The quantitative estimate of drug-likeness (QED) is 0.124. The molecule has 3 rings (SSSR count). The van der Waals surface area contributed by atoms with Crippen molar-refractivity contribution in [3.8, 4) is 0 Å². The molecule has 1 aliphatic heterocycles. The number of nitrogens with zero attached hydrogens (tertiary/aromatic N) is 1. The van der Waals surface area contributed by atoms with Gasteiger partial charge in [0.25, 0.3) is 32.1 Å². The maximum absolute atomic E-state index is 13.1.